The highest BCUT2D eigenvalue weighted by Gasteiger charge is 2.32. The Kier molecular flexibility index (Phi) is 3.27. The van der Waals surface area contributed by atoms with E-state index in [0.717, 1.165) is 12.8 Å². The molecule has 2 aliphatic rings. The maximum atomic E-state index is 10.2. The van der Waals surface area contributed by atoms with Gasteiger partial charge in [0.25, 0.3) is 0 Å². The molecule has 2 fully saturated rings. The standard InChI is InChI=1S/C12H17NO2/c14-12(15)5-4-10-8-11(9-10)13-6-2-1-3-7-13/h10-11H,1-3,6-9H2,(H,14,15). The predicted molar refractivity (Wildman–Crippen MR) is 57.3 cm³/mol. The van der Waals surface area contributed by atoms with E-state index in [2.05, 4.69) is 16.7 Å². The van der Waals surface area contributed by atoms with Crippen LogP contribution in [-0.4, -0.2) is 35.1 Å². The molecule has 0 aromatic carbocycles. The second kappa shape index (κ2) is 4.67. The minimum atomic E-state index is -1.00. The van der Waals surface area contributed by atoms with Crippen molar-refractivity contribution in [2.75, 3.05) is 13.1 Å². The summed E-state index contributed by atoms with van der Waals surface area (Å²) in [5.74, 6) is 4.35. The van der Waals surface area contributed by atoms with Gasteiger partial charge in [-0.15, -0.1) is 0 Å². The average molecular weight is 207 g/mol. The van der Waals surface area contributed by atoms with Gasteiger partial charge >= 0.3 is 5.97 Å². The van der Waals surface area contributed by atoms with E-state index in [4.69, 9.17) is 5.11 Å². The first kappa shape index (κ1) is 10.5. The molecule has 1 heterocycles. The van der Waals surface area contributed by atoms with Crippen LogP contribution in [0.3, 0.4) is 0 Å². The summed E-state index contributed by atoms with van der Waals surface area (Å²) in [6, 6.07) is 0.679. The van der Waals surface area contributed by atoms with Crippen LogP contribution in [0, 0.1) is 17.8 Å². The number of rotatable bonds is 1. The third kappa shape index (κ3) is 2.73. The zero-order valence-electron chi connectivity index (χ0n) is 8.91. The third-order valence-corrected chi connectivity index (χ3v) is 3.40. The summed E-state index contributed by atoms with van der Waals surface area (Å²) in [6.07, 6.45) is 6.15. The lowest BCUT2D eigenvalue weighted by Crippen LogP contribution is -2.46. The van der Waals surface area contributed by atoms with Gasteiger partial charge in [0.05, 0.1) is 0 Å². The summed E-state index contributed by atoms with van der Waals surface area (Å²) >= 11 is 0. The molecular formula is C12H17NO2. The number of hydrogen-bond acceptors (Lipinski definition) is 2. The fourth-order valence-corrected chi connectivity index (χ4v) is 2.45. The monoisotopic (exact) mass is 207 g/mol. The predicted octanol–water partition coefficient (Wildman–Crippen LogP) is 1.34. The molecule has 1 aliphatic carbocycles. The Morgan fingerprint density at radius 1 is 1.20 bits per heavy atom. The van der Waals surface area contributed by atoms with Gasteiger partial charge in [0.2, 0.25) is 0 Å². The summed E-state index contributed by atoms with van der Waals surface area (Å²) in [7, 11) is 0. The Morgan fingerprint density at radius 3 is 2.47 bits per heavy atom. The lowest BCUT2D eigenvalue weighted by molar-refractivity contribution is -0.130. The lowest BCUT2D eigenvalue weighted by Gasteiger charge is -2.42. The zero-order valence-corrected chi connectivity index (χ0v) is 8.91. The van der Waals surface area contributed by atoms with Crippen molar-refractivity contribution in [3.8, 4) is 11.8 Å². The summed E-state index contributed by atoms with van der Waals surface area (Å²) in [5.41, 5.74) is 0. The van der Waals surface area contributed by atoms with Crippen molar-refractivity contribution in [2.24, 2.45) is 5.92 Å². The first-order valence-electron chi connectivity index (χ1n) is 5.74. The second-order valence-corrected chi connectivity index (χ2v) is 4.49. The van der Waals surface area contributed by atoms with Crippen molar-refractivity contribution >= 4 is 5.97 Å². The van der Waals surface area contributed by atoms with Crippen LogP contribution in [0.25, 0.3) is 0 Å². The number of nitrogens with zero attached hydrogens (tertiary/aromatic N) is 1. The Labute approximate surface area is 90.5 Å². The van der Waals surface area contributed by atoms with E-state index < -0.39 is 5.97 Å². The van der Waals surface area contributed by atoms with Gasteiger partial charge in [-0.2, -0.15) is 0 Å². The molecule has 0 aromatic heterocycles. The molecule has 0 atom stereocenters. The molecule has 0 bridgehead atoms. The van der Waals surface area contributed by atoms with Crippen LogP contribution in [-0.2, 0) is 4.79 Å². The maximum Gasteiger partial charge on any atom is 0.381 e. The van der Waals surface area contributed by atoms with Gasteiger partial charge in [-0.25, -0.2) is 4.79 Å². The van der Waals surface area contributed by atoms with E-state index in [1.807, 2.05) is 0 Å². The van der Waals surface area contributed by atoms with Crippen molar-refractivity contribution in [1.29, 1.82) is 0 Å². The van der Waals surface area contributed by atoms with Gasteiger partial charge in [0.1, 0.15) is 0 Å². The second-order valence-electron chi connectivity index (χ2n) is 4.49. The van der Waals surface area contributed by atoms with Crippen LogP contribution < -0.4 is 0 Å². The van der Waals surface area contributed by atoms with Crippen LogP contribution >= 0.6 is 0 Å². The van der Waals surface area contributed by atoms with Crippen LogP contribution in [0.15, 0.2) is 0 Å². The molecule has 2 rings (SSSR count). The van der Waals surface area contributed by atoms with E-state index in [-0.39, 0.29) is 0 Å². The molecule has 1 saturated carbocycles. The number of carbonyl (C=O) groups is 1. The number of carboxylic acids is 1. The minimum absolute atomic E-state index is 0.327. The van der Waals surface area contributed by atoms with Crippen LogP contribution in [0.1, 0.15) is 32.1 Å². The highest BCUT2D eigenvalue weighted by molar-refractivity contribution is 5.86. The number of likely N-dealkylation sites (tertiary alicyclic amines) is 1. The van der Waals surface area contributed by atoms with Crippen LogP contribution in [0.5, 0.6) is 0 Å². The molecule has 1 N–H and O–H groups in total. The highest BCUT2D eigenvalue weighted by atomic mass is 16.4. The van der Waals surface area contributed by atoms with Gasteiger partial charge in [-0.3, -0.25) is 0 Å². The van der Waals surface area contributed by atoms with Gasteiger partial charge in [0, 0.05) is 17.9 Å². The summed E-state index contributed by atoms with van der Waals surface area (Å²) in [5, 5.41) is 8.41. The Balaban J connectivity index is 1.73. The molecule has 0 amide bonds. The molecule has 3 heteroatoms. The fraction of sp³-hybridized carbons (Fsp3) is 0.750. The molecule has 1 aliphatic heterocycles. The van der Waals surface area contributed by atoms with Gasteiger partial charge < -0.3 is 10.0 Å². The molecule has 0 spiro atoms. The van der Waals surface area contributed by atoms with Crippen molar-refractivity contribution in [1.82, 2.24) is 4.90 Å². The zero-order chi connectivity index (χ0) is 10.7. The summed E-state index contributed by atoms with van der Waals surface area (Å²) < 4.78 is 0. The van der Waals surface area contributed by atoms with E-state index in [1.54, 1.807) is 0 Å². The molecule has 15 heavy (non-hydrogen) atoms. The first-order valence-corrected chi connectivity index (χ1v) is 5.74. The molecule has 3 nitrogen and oxygen atoms in total. The molecule has 1 saturated heterocycles. The number of carboxylic acid groups (broad SMARTS) is 1. The largest absolute Gasteiger partial charge is 0.472 e. The van der Waals surface area contributed by atoms with Gasteiger partial charge in [-0.05, 0) is 38.8 Å². The smallest absolute Gasteiger partial charge is 0.381 e. The number of hydrogen-bond donors (Lipinski definition) is 1. The number of piperidine rings is 1. The van der Waals surface area contributed by atoms with E-state index >= 15 is 0 Å². The Hall–Kier alpha value is -1.01. The topological polar surface area (TPSA) is 40.5 Å². The molecule has 0 aromatic rings. The fourth-order valence-electron chi connectivity index (χ4n) is 2.45. The Morgan fingerprint density at radius 2 is 1.87 bits per heavy atom. The van der Waals surface area contributed by atoms with E-state index in [0.29, 0.717) is 12.0 Å². The minimum Gasteiger partial charge on any atom is -0.472 e. The summed E-state index contributed by atoms with van der Waals surface area (Å²) in [4.78, 5) is 12.8. The highest BCUT2D eigenvalue weighted by Crippen LogP contribution is 2.32. The Bertz CT molecular complexity index is 290. The quantitative estimate of drug-likeness (QED) is 0.660. The van der Waals surface area contributed by atoms with E-state index in [9.17, 15) is 4.79 Å². The van der Waals surface area contributed by atoms with Gasteiger partial charge in [0.15, 0.2) is 0 Å². The van der Waals surface area contributed by atoms with Crippen LogP contribution in [0.2, 0.25) is 0 Å². The third-order valence-electron chi connectivity index (χ3n) is 3.40. The molecule has 0 unspecified atom stereocenters. The molecule has 0 radical (unpaired) electrons. The lowest BCUT2D eigenvalue weighted by atomic mass is 9.79. The van der Waals surface area contributed by atoms with Crippen LogP contribution in [0.4, 0.5) is 0 Å². The first-order chi connectivity index (χ1) is 7.25. The number of aliphatic carboxylic acids is 1. The molecule has 82 valence electrons. The van der Waals surface area contributed by atoms with Gasteiger partial charge in [-0.1, -0.05) is 12.3 Å². The normalized spacial score (nSPS) is 31.2. The maximum absolute atomic E-state index is 10.2. The van der Waals surface area contributed by atoms with Crippen molar-refractivity contribution in [2.45, 2.75) is 38.1 Å². The SMILES string of the molecule is O=C(O)C#CC1CC(N2CCCCC2)C1. The van der Waals surface area contributed by atoms with Crippen molar-refractivity contribution in [3.05, 3.63) is 0 Å². The molecular weight excluding hydrogens is 190 g/mol. The van der Waals surface area contributed by atoms with Crippen molar-refractivity contribution in [3.63, 3.8) is 0 Å². The van der Waals surface area contributed by atoms with Crippen molar-refractivity contribution < 1.29 is 9.90 Å². The summed E-state index contributed by atoms with van der Waals surface area (Å²) in [6.45, 7) is 2.45. The van der Waals surface area contributed by atoms with E-state index in [1.165, 1.54) is 32.4 Å². The average Bonchev–Trinajstić information content (AvgIpc) is 2.16.